The summed E-state index contributed by atoms with van der Waals surface area (Å²) in [5.41, 5.74) is 7.08. The summed E-state index contributed by atoms with van der Waals surface area (Å²) in [7, 11) is 0. The number of nitrogens with two attached hydrogens (primary N) is 1. The molecule has 118 valence electrons. The third-order valence-electron chi connectivity index (χ3n) is 4.70. The molecule has 0 spiro atoms. The van der Waals surface area contributed by atoms with E-state index in [1.54, 1.807) is 0 Å². The van der Waals surface area contributed by atoms with E-state index in [0.29, 0.717) is 23.7 Å². The molecule has 0 amide bonds. The van der Waals surface area contributed by atoms with Gasteiger partial charge in [-0.15, -0.1) is 0 Å². The van der Waals surface area contributed by atoms with Crippen LogP contribution in [0.25, 0.3) is 0 Å². The van der Waals surface area contributed by atoms with Crippen molar-refractivity contribution >= 4 is 11.6 Å². The highest BCUT2D eigenvalue weighted by atomic mass is 15.2. The summed E-state index contributed by atoms with van der Waals surface area (Å²) < 4.78 is 0. The van der Waals surface area contributed by atoms with Gasteiger partial charge in [0, 0.05) is 23.6 Å². The molecule has 1 aromatic rings. The molecule has 1 aliphatic heterocycles. The predicted octanol–water partition coefficient (Wildman–Crippen LogP) is 3.54. The van der Waals surface area contributed by atoms with Crippen LogP contribution in [0.2, 0.25) is 0 Å². The zero-order valence-electron chi connectivity index (χ0n) is 14.6. The van der Waals surface area contributed by atoms with E-state index >= 15 is 0 Å². The molecular formula is C17H30N4. The van der Waals surface area contributed by atoms with Crippen LogP contribution in [0.3, 0.4) is 0 Å². The maximum absolute atomic E-state index is 6.16. The molecule has 3 unspecified atom stereocenters. The molecule has 2 N–H and O–H groups in total. The molecule has 21 heavy (non-hydrogen) atoms. The zero-order chi connectivity index (χ0) is 15.9. The summed E-state index contributed by atoms with van der Waals surface area (Å²) in [6.07, 6.45) is 1.28. The summed E-state index contributed by atoms with van der Waals surface area (Å²) in [6, 6.07) is 0.488. The van der Waals surface area contributed by atoms with E-state index in [1.807, 2.05) is 6.92 Å². The van der Waals surface area contributed by atoms with Gasteiger partial charge in [0.25, 0.3) is 0 Å². The molecule has 0 aromatic carbocycles. The fraction of sp³-hybridized carbons (Fsp3) is 0.765. The van der Waals surface area contributed by atoms with Crippen molar-refractivity contribution in [1.82, 2.24) is 9.97 Å². The van der Waals surface area contributed by atoms with Crippen LogP contribution < -0.4 is 10.6 Å². The van der Waals surface area contributed by atoms with Gasteiger partial charge in [-0.2, -0.15) is 0 Å². The van der Waals surface area contributed by atoms with E-state index in [0.717, 1.165) is 23.8 Å². The van der Waals surface area contributed by atoms with Crippen LogP contribution in [-0.4, -0.2) is 22.6 Å². The van der Waals surface area contributed by atoms with Crippen LogP contribution in [-0.2, 0) is 5.41 Å². The molecule has 3 atom stereocenters. The first kappa shape index (κ1) is 16.1. The first-order valence-corrected chi connectivity index (χ1v) is 8.02. The van der Waals surface area contributed by atoms with Crippen molar-refractivity contribution in [1.29, 1.82) is 0 Å². The van der Waals surface area contributed by atoms with Gasteiger partial charge >= 0.3 is 0 Å². The quantitative estimate of drug-likeness (QED) is 0.859. The second kappa shape index (κ2) is 5.47. The smallest absolute Gasteiger partial charge is 0.138 e. The lowest BCUT2D eigenvalue weighted by Gasteiger charge is -2.42. The first-order valence-electron chi connectivity index (χ1n) is 8.02. The van der Waals surface area contributed by atoms with Crippen LogP contribution in [0.15, 0.2) is 0 Å². The molecule has 0 saturated carbocycles. The summed E-state index contributed by atoms with van der Waals surface area (Å²) >= 11 is 0. The molecule has 4 heteroatoms. The highest BCUT2D eigenvalue weighted by molar-refractivity contribution is 5.57. The topological polar surface area (TPSA) is 55.0 Å². The van der Waals surface area contributed by atoms with Crippen molar-refractivity contribution < 1.29 is 0 Å². The number of piperidine rings is 1. The zero-order valence-corrected chi connectivity index (χ0v) is 14.6. The lowest BCUT2D eigenvalue weighted by atomic mass is 9.86. The molecule has 0 aliphatic carbocycles. The summed E-state index contributed by atoms with van der Waals surface area (Å²) in [5, 5.41) is 0. The average Bonchev–Trinajstić information content (AvgIpc) is 2.36. The van der Waals surface area contributed by atoms with E-state index in [9.17, 15) is 0 Å². The van der Waals surface area contributed by atoms with Gasteiger partial charge in [-0.25, -0.2) is 9.97 Å². The van der Waals surface area contributed by atoms with Gasteiger partial charge < -0.3 is 10.6 Å². The van der Waals surface area contributed by atoms with Crippen molar-refractivity contribution in [2.24, 2.45) is 11.8 Å². The molecule has 0 radical (unpaired) electrons. The summed E-state index contributed by atoms with van der Waals surface area (Å²) in [5.74, 6) is 3.83. The SMILES string of the molecule is Cc1c(N)nc(C(C)(C)C)nc1N1CC(C)CC(C)C1C. The highest BCUT2D eigenvalue weighted by Gasteiger charge is 2.32. The Morgan fingerprint density at radius 3 is 2.33 bits per heavy atom. The van der Waals surface area contributed by atoms with E-state index in [1.165, 1.54) is 6.42 Å². The van der Waals surface area contributed by atoms with Crippen molar-refractivity contribution in [2.45, 2.75) is 66.3 Å². The standard InChI is InChI=1S/C17H30N4/c1-10-8-11(2)13(4)21(9-10)15-12(3)14(18)19-16(20-15)17(5,6)7/h10-11,13H,8-9H2,1-7H3,(H2,18,19,20). The third kappa shape index (κ3) is 3.14. The Labute approximate surface area is 129 Å². The van der Waals surface area contributed by atoms with Gasteiger partial charge in [-0.3, -0.25) is 0 Å². The second-order valence-electron chi connectivity index (χ2n) is 7.84. The van der Waals surface area contributed by atoms with Crippen LogP contribution in [0.5, 0.6) is 0 Å². The maximum atomic E-state index is 6.16. The number of nitrogens with zero attached hydrogens (tertiary/aromatic N) is 3. The summed E-state index contributed by atoms with van der Waals surface area (Å²) in [6.45, 7) is 16.4. The first-order chi connectivity index (χ1) is 9.61. The lowest BCUT2D eigenvalue weighted by Crippen LogP contribution is -2.47. The van der Waals surface area contributed by atoms with Gasteiger partial charge in [0.1, 0.15) is 17.5 Å². The largest absolute Gasteiger partial charge is 0.383 e. The minimum absolute atomic E-state index is 0.0904. The van der Waals surface area contributed by atoms with Crippen molar-refractivity contribution in [2.75, 3.05) is 17.2 Å². The molecule has 1 aromatic heterocycles. The van der Waals surface area contributed by atoms with Crippen LogP contribution >= 0.6 is 0 Å². The van der Waals surface area contributed by atoms with E-state index < -0.39 is 0 Å². The van der Waals surface area contributed by atoms with E-state index in [2.05, 4.69) is 51.4 Å². The Morgan fingerprint density at radius 2 is 1.76 bits per heavy atom. The third-order valence-corrected chi connectivity index (χ3v) is 4.70. The molecule has 2 rings (SSSR count). The predicted molar refractivity (Wildman–Crippen MR) is 89.6 cm³/mol. The fourth-order valence-corrected chi connectivity index (χ4v) is 3.13. The Morgan fingerprint density at radius 1 is 1.14 bits per heavy atom. The highest BCUT2D eigenvalue weighted by Crippen LogP contribution is 2.34. The normalized spacial score (nSPS) is 27.0. The number of rotatable bonds is 1. The van der Waals surface area contributed by atoms with Gasteiger partial charge in [-0.1, -0.05) is 34.6 Å². The second-order valence-corrected chi connectivity index (χ2v) is 7.84. The van der Waals surface area contributed by atoms with E-state index in [4.69, 9.17) is 10.7 Å². The maximum Gasteiger partial charge on any atom is 0.138 e. The Hall–Kier alpha value is -1.32. The van der Waals surface area contributed by atoms with Gasteiger partial charge in [-0.05, 0) is 32.1 Å². The van der Waals surface area contributed by atoms with Crippen molar-refractivity contribution in [3.05, 3.63) is 11.4 Å². The number of nitrogen functional groups attached to an aromatic ring is 1. The number of hydrogen-bond acceptors (Lipinski definition) is 4. The molecule has 1 aliphatic rings. The fourth-order valence-electron chi connectivity index (χ4n) is 3.13. The number of aromatic nitrogens is 2. The molecule has 4 nitrogen and oxygen atoms in total. The molecule has 0 bridgehead atoms. The molecule has 1 fully saturated rings. The van der Waals surface area contributed by atoms with Crippen molar-refractivity contribution in [3.63, 3.8) is 0 Å². The van der Waals surface area contributed by atoms with Crippen LogP contribution in [0.1, 0.15) is 59.4 Å². The van der Waals surface area contributed by atoms with Gasteiger partial charge in [0.05, 0.1) is 0 Å². The number of hydrogen-bond donors (Lipinski definition) is 1. The Bertz CT molecular complexity index is 518. The van der Waals surface area contributed by atoms with Crippen LogP contribution in [0, 0.1) is 18.8 Å². The lowest BCUT2D eigenvalue weighted by molar-refractivity contribution is 0.295. The minimum Gasteiger partial charge on any atom is -0.383 e. The van der Waals surface area contributed by atoms with Crippen LogP contribution in [0.4, 0.5) is 11.6 Å². The molecule has 2 heterocycles. The number of anilines is 2. The Kier molecular flexibility index (Phi) is 4.18. The van der Waals surface area contributed by atoms with Crippen molar-refractivity contribution in [3.8, 4) is 0 Å². The van der Waals surface area contributed by atoms with Gasteiger partial charge in [0.2, 0.25) is 0 Å². The average molecular weight is 290 g/mol. The molecule has 1 saturated heterocycles. The van der Waals surface area contributed by atoms with E-state index in [-0.39, 0.29) is 5.41 Å². The monoisotopic (exact) mass is 290 g/mol. The Balaban J connectivity index is 2.49. The summed E-state index contributed by atoms with van der Waals surface area (Å²) in [4.78, 5) is 11.8. The van der Waals surface area contributed by atoms with Gasteiger partial charge in [0.15, 0.2) is 0 Å². The molecular weight excluding hydrogens is 260 g/mol. The minimum atomic E-state index is -0.0904.